The highest BCUT2D eigenvalue weighted by atomic mass is 16.3. The summed E-state index contributed by atoms with van der Waals surface area (Å²) >= 11 is 0. The normalized spacial score (nSPS) is 21.8. The van der Waals surface area contributed by atoms with Gasteiger partial charge in [0.25, 0.3) is 0 Å². The Morgan fingerprint density at radius 3 is 2.77 bits per heavy atom. The molecule has 6 heteroatoms. The minimum atomic E-state index is -0.417. The molecular weight excluding hydrogens is 386 g/mol. The van der Waals surface area contributed by atoms with Crippen LogP contribution < -0.4 is 16.4 Å². The molecule has 4 atom stereocenters. The number of nitrogens with one attached hydrogen (secondary N) is 2. The SMILES string of the molecule is CCC(CCNc1nc2ccc(C)cc2cc1/C([OH2+])=N/C(C)N)NC1CCCCC1C. The number of aliphatic imine (C=N–C) groups is 1. The highest BCUT2D eigenvalue weighted by molar-refractivity contribution is 6.01. The van der Waals surface area contributed by atoms with E-state index in [1.807, 2.05) is 12.1 Å². The molecule has 0 aliphatic heterocycles. The second kappa shape index (κ2) is 10.9. The van der Waals surface area contributed by atoms with Crippen molar-refractivity contribution in [1.82, 2.24) is 10.3 Å². The molecule has 0 radical (unpaired) electrons. The summed E-state index contributed by atoms with van der Waals surface area (Å²) in [6.07, 6.45) is 7.04. The van der Waals surface area contributed by atoms with Crippen molar-refractivity contribution in [2.24, 2.45) is 16.6 Å². The van der Waals surface area contributed by atoms with Crippen molar-refractivity contribution in [2.45, 2.75) is 84.5 Å². The van der Waals surface area contributed by atoms with Crippen LogP contribution in [0.2, 0.25) is 0 Å². The minimum absolute atomic E-state index is 0.176. The van der Waals surface area contributed by atoms with Crippen LogP contribution in [-0.4, -0.2) is 40.8 Å². The number of rotatable bonds is 9. The van der Waals surface area contributed by atoms with Crippen molar-refractivity contribution >= 4 is 22.6 Å². The Morgan fingerprint density at radius 1 is 1.29 bits per heavy atom. The number of nitrogens with zero attached hydrogens (tertiary/aromatic N) is 2. The number of aromatic nitrogens is 1. The summed E-state index contributed by atoms with van der Waals surface area (Å²) in [5.74, 6) is 1.65. The van der Waals surface area contributed by atoms with Gasteiger partial charge < -0.3 is 21.5 Å². The molecule has 0 spiro atoms. The fourth-order valence-electron chi connectivity index (χ4n) is 4.52. The lowest BCUT2D eigenvalue weighted by molar-refractivity contribution is 0.252. The molecule has 6 nitrogen and oxygen atoms in total. The number of hydrogen-bond acceptors (Lipinski definition) is 5. The van der Waals surface area contributed by atoms with Crippen molar-refractivity contribution in [3.63, 3.8) is 0 Å². The maximum atomic E-state index is 8.44. The molecule has 0 saturated heterocycles. The van der Waals surface area contributed by atoms with Crippen LogP contribution in [0.4, 0.5) is 5.82 Å². The quantitative estimate of drug-likeness (QED) is 0.320. The minimum Gasteiger partial charge on any atom is -0.578 e. The van der Waals surface area contributed by atoms with Crippen LogP contribution >= 0.6 is 0 Å². The summed E-state index contributed by atoms with van der Waals surface area (Å²) in [7, 11) is 0. The summed E-state index contributed by atoms with van der Waals surface area (Å²) in [4.78, 5) is 9.07. The lowest BCUT2D eigenvalue weighted by Crippen LogP contribution is -2.44. The van der Waals surface area contributed by atoms with Crippen molar-refractivity contribution < 1.29 is 5.11 Å². The molecule has 1 aliphatic rings. The maximum Gasteiger partial charge on any atom is 0.365 e. The van der Waals surface area contributed by atoms with E-state index in [9.17, 15) is 0 Å². The number of hydrogen-bond donors (Lipinski definition) is 3. The van der Waals surface area contributed by atoms with Gasteiger partial charge in [-0.2, -0.15) is 4.99 Å². The van der Waals surface area contributed by atoms with Crippen LogP contribution in [0, 0.1) is 12.8 Å². The zero-order valence-electron chi connectivity index (χ0n) is 19.5. The molecule has 0 bridgehead atoms. The number of pyridine rings is 1. The Hall–Kier alpha value is -2.18. The van der Waals surface area contributed by atoms with Gasteiger partial charge in [-0.1, -0.05) is 38.3 Å². The van der Waals surface area contributed by atoms with E-state index >= 15 is 0 Å². The maximum absolute atomic E-state index is 8.44. The summed E-state index contributed by atoms with van der Waals surface area (Å²) in [5.41, 5.74) is 8.62. The molecule has 1 saturated carbocycles. The first kappa shape index (κ1) is 23.5. The topological polar surface area (TPSA) is 98.2 Å². The van der Waals surface area contributed by atoms with Gasteiger partial charge in [0.05, 0.1) is 5.52 Å². The Balaban J connectivity index is 1.73. The van der Waals surface area contributed by atoms with E-state index in [1.54, 1.807) is 6.92 Å². The van der Waals surface area contributed by atoms with E-state index in [0.717, 1.165) is 36.2 Å². The largest absolute Gasteiger partial charge is 0.578 e. The molecule has 31 heavy (non-hydrogen) atoms. The van der Waals surface area contributed by atoms with Crippen molar-refractivity contribution in [3.05, 3.63) is 35.4 Å². The predicted molar refractivity (Wildman–Crippen MR) is 132 cm³/mol. The van der Waals surface area contributed by atoms with Gasteiger partial charge in [-0.3, -0.25) is 0 Å². The van der Waals surface area contributed by atoms with Gasteiger partial charge in [0.1, 0.15) is 17.5 Å². The molecule has 170 valence electrons. The third-order valence-electron chi connectivity index (χ3n) is 6.40. The van der Waals surface area contributed by atoms with Crippen LogP contribution in [0.3, 0.4) is 0 Å². The Morgan fingerprint density at radius 2 is 2.06 bits per heavy atom. The first-order valence-electron chi connectivity index (χ1n) is 11.8. The van der Waals surface area contributed by atoms with Gasteiger partial charge in [-0.25, -0.2) is 4.98 Å². The van der Waals surface area contributed by atoms with Gasteiger partial charge in [0.15, 0.2) is 0 Å². The fourth-order valence-corrected chi connectivity index (χ4v) is 4.52. The van der Waals surface area contributed by atoms with Crippen LogP contribution in [0.1, 0.15) is 70.4 Å². The van der Waals surface area contributed by atoms with Crippen molar-refractivity contribution in [3.8, 4) is 0 Å². The van der Waals surface area contributed by atoms with E-state index in [4.69, 9.17) is 15.8 Å². The van der Waals surface area contributed by atoms with Crippen molar-refractivity contribution in [1.29, 1.82) is 0 Å². The number of benzene rings is 1. The molecule has 1 fully saturated rings. The second-order valence-electron chi connectivity index (χ2n) is 9.15. The molecule has 1 aliphatic carbocycles. The molecule has 4 unspecified atom stereocenters. The van der Waals surface area contributed by atoms with Crippen molar-refractivity contribution in [2.75, 3.05) is 11.9 Å². The van der Waals surface area contributed by atoms with Gasteiger partial charge in [0.2, 0.25) is 0 Å². The fraction of sp³-hybridized carbons (Fsp3) is 0.600. The first-order chi connectivity index (χ1) is 14.9. The van der Waals surface area contributed by atoms with E-state index in [-0.39, 0.29) is 5.90 Å². The number of anilines is 1. The van der Waals surface area contributed by atoms with Crippen LogP contribution in [0.5, 0.6) is 0 Å². The number of aryl methyl sites for hydroxylation is 1. The van der Waals surface area contributed by atoms with E-state index in [2.05, 4.69) is 48.5 Å². The molecule has 1 aromatic heterocycles. The van der Waals surface area contributed by atoms with Crippen LogP contribution in [0.25, 0.3) is 10.9 Å². The Bertz CT molecular complexity index is 895. The monoisotopic (exact) mass is 426 g/mol. The van der Waals surface area contributed by atoms with E-state index < -0.39 is 6.17 Å². The van der Waals surface area contributed by atoms with Crippen LogP contribution in [-0.2, 0) is 0 Å². The predicted octanol–water partition coefficient (Wildman–Crippen LogP) is 4.07. The average molecular weight is 427 g/mol. The lowest BCUT2D eigenvalue weighted by Gasteiger charge is -2.33. The highest BCUT2D eigenvalue weighted by Crippen LogP contribution is 2.25. The molecule has 1 aromatic carbocycles. The Labute approximate surface area is 186 Å². The summed E-state index contributed by atoms with van der Waals surface area (Å²) in [6, 6.07) is 9.32. The molecule has 6 N–H and O–H groups in total. The smallest absolute Gasteiger partial charge is 0.365 e. The Kier molecular flexibility index (Phi) is 8.27. The van der Waals surface area contributed by atoms with Gasteiger partial charge in [-0.05, 0) is 63.6 Å². The van der Waals surface area contributed by atoms with E-state index in [1.165, 1.54) is 31.2 Å². The van der Waals surface area contributed by atoms with Gasteiger partial charge >= 0.3 is 5.90 Å². The standard InChI is InChI=1S/C25H39N5O/c1-5-20(29-22-9-7-6-8-17(22)3)12-13-27-24-21(25(31)28-18(4)26)15-19-14-16(2)10-11-23(19)30-24/h10-11,14-15,17-18,20,22,29H,5-9,12-13,26H2,1-4H3,(H,27,30)(H,28,31)/p+1. The molecular formula is C25H40N5O+. The first-order valence-corrected chi connectivity index (χ1v) is 11.8. The van der Waals surface area contributed by atoms with Crippen LogP contribution in [0.15, 0.2) is 29.3 Å². The molecule has 3 rings (SSSR count). The molecule has 2 aromatic rings. The second-order valence-corrected chi connectivity index (χ2v) is 9.15. The summed E-state index contributed by atoms with van der Waals surface area (Å²) in [6.45, 7) is 9.28. The third kappa shape index (κ3) is 6.40. The molecule has 1 heterocycles. The molecule has 0 amide bonds. The summed E-state index contributed by atoms with van der Waals surface area (Å²) < 4.78 is 0. The number of fused-ring (bicyclic) bond motifs is 1. The van der Waals surface area contributed by atoms with Gasteiger partial charge in [0, 0.05) is 24.0 Å². The zero-order chi connectivity index (χ0) is 22.4. The highest BCUT2D eigenvalue weighted by Gasteiger charge is 2.23. The zero-order valence-corrected chi connectivity index (χ0v) is 19.5. The number of nitrogens with two attached hydrogens (primary N) is 1. The summed E-state index contributed by atoms with van der Waals surface area (Å²) in [5, 5.41) is 16.9. The third-order valence-corrected chi connectivity index (χ3v) is 6.40. The van der Waals surface area contributed by atoms with E-state index in [0.29, 0.717) is 23.5 Å². The van der Waals surface area contributed by atoms with Gasteiger partial charge in [-0.15, -0.1) is 0 Å². The average Bonchev–Trinajstić information content (AvgIpc) is 2.73. The lowest BCUT2D eigenvalue weighted by atomic mass is 9.85.